The molecule has 1 atom stereocenters. The number of carboxylic acid groups (broad SMARTS) is 1. The van der Waals surface area contributed by atoms with E-state index in [0.717, 1.165) is 18.5 Å². The van der Waals surface area contributed by atoms with Crippen LogP contribution < -0.4 is 4.90 Å². The van der Waals surface area contributed by atoms with Crippen LogP contribution in [0.25, 0.3) is 0 Å². The molecule has 9 heteroatoms. The second-order valence-electron chi connectivity index (χ2n) is 8.34. The van der Waals surface area contributed by atoms with E-state index in [9.17, 15) is 14.7 Å². The molecule has 2 amide bonds. The number of halogens is 2. The van der Waals surface area contributed by atoms with E-state index in [1.54, 1.807) is 6.07 Å². The molecule has 30 heavy (non-hydrogen) atoms. The van der Waals surface area contributed by atoms with Gasteiger partial charge in [-0.1, -0.05) is 36.0 Å². The fourth-order valence-electron chi connectivity index (χ4n) is 4.92. The van der Waals surface area contributed by atoms with Crippen LogP contribution >= 0.6 is 23.2 Å². The Kier molecular flexibility index (Phi) is 6.60. The molecular formula is C21H28Cl2N4O3. The zero-order chi connectivity index (χ0) is 21.3. The minimum atomic E-state index is -1.01. The normalized spacial score (nSPS) is 23.8. The number of anilines is 1. The van der Waals surface area contributed by atoms with Crippen molar-refractivity contribution in [3.05, 3.63) is 28.2 Å². The van der Waals surface area contributed by atoms with Crippen LogP contribution in [0.3, 0.4) is 0 Å². The number of hydrogen-bond acceptors (Lipinski definition) is 4. The molecule has 3 aliphatic rings. The summed E-state index contributed by atoms with van der Waals surface area (Å²) >= 11 is 12.1. The Labute approximate surface area is 187 Å². The number of hydrogen-bond donors (Lipinski definition) is 1. The highest BCUT2D eigenvalue weighted by Gasteiger charge is 2.40. The Morgan fingerprint density at radius 1 is 0.933 bits per heavy atom. The minimum absolute atomic E-state index is 0.0751. The van der Waals surface area contributed by atoms with Crippen LogP contribution in [0.2, 0.25) is 10.0 Å². The van der Waals surface area contributed by atoms with Crippen molar-refractivity contribution in [3.63, 3.8) is 0 Å². The third kappa shape index (κ3) is 4.48. The first-order chi connectivity index (χ1) is 14.4. The zero-order valence-electron chi connectivity index (χ0n) is 17.0. The van der Waals surface area contributed by atoms with E-state index in [1.807, 2.05) is 17.0 Å². The van der Waals surface area contributed by atoms with Crippen LogP contribution in [0.1, 0.15) is 25.7 Å². The van der Waals surface area contributed by atoms with Gasteiger partial charge in [-0.2, -0.15) is 0 Å². The number of carbonyl (C=O) groups excluding carboxylic acids is 1. The van der Waals surface area contributed by atoms with Crippen LogP contribution in [-0.2, 0) is 4.79 Å². The van der Waals surface area contributed by atoms with Crippen molar-refractivity contribution in [2.75, 3.05) is 50.7 Å². The lowest BCUT2D eigenvalue weighted by atomic mass is 10.1. The molecule has 4 rings (SSSR count). The molecule has 7 nitrogen and oxygen atoms in total. The van der Waals surface area contributed by atoms with Crippen molar-refractivity contribution in [1.82, 2.24) is 14.7 Å². The number of piperazine rings is 2. The highest BCUT2D eigenvalue weighted by molar-refractivity contribution is 6.42. The van der Waals surface area contributed by atoms with Gasteiger partial charge < -0.3 is 14.9 Å². The predicted octanol–water partition coefficient (Wildman–Crippen LogP) is 3.25. The molecule has 0 aromatic heterocycles. The maximum absolute atomic E-state index is 13.3. The van der Waals surface area contributed by atoms with Gasteiger partial charge in [-0.05, 0) is 31.0 Å². The molecule has 2 heterocycles. The lowest BCUT2D eigenvalue weighted by molar-refractivity contribution is -0.139. The van der Waals surface area contributed by atoms with Gasteiger partial charge in [-0.3, -0.25) is 14.6 Å². The molecule has 3 fully saturated rings. The summed E-state index contributed by atoms with van der Waals surface area (Å²) in [5.41, 5.74) is 0.980. The molecule has 2 saturated heterocycles. The molecule has 0 spiro atoms. The summed E-state index contributed by atoms with van der Waals surface area (Å²) in [5, 5.41) is 10.7. The van der Waals surface area contributed by atoms with Crippen LogP contribution in [-0.4, -0.2) is 89.7 Å². The standard InChI is InChI=1S/C21H28Cl2N4O3/c22-17-6-5-16(13-18(17)23)24-7-9-25(10-8-24)20(28)19-14-26(15-3-1-2-4-15)11-12-27(19)21(29)30/h5-6,13,15,19H,1-4,7-12,14H2,(H,29,30)/t19-/m1/s1. The molecule has 0 unspecified atom stereocenters. The highest BCUT2D eigenvalue weighted by Crippen LogP contribution is 2.29. The lowest BCUT2D eigenvalue weighted by Gasteiger charge is -2.44. The monoisotopic (exact) mass is 454 g/mol. The smallest absolute Gasteiger partial charge is 0.408 e. The summed E-state index contributed by atoms with van der Waals surface area (Å²) in [6, 6.07) is 5.42. The molecule has 2 aliphatic heterocycles. The Bertz CT molecular complexity index is 794. The van der Waals surface area contributed by atoms with E-state index in [-0.39, 0.29) is 5.91 Å². The summed E-state index contributed by atoms with van der Waals surface area (Å²) in [6.07, 6.45) is 3.74. The van der Waals surface area contributed by atoms with Crippen LogP contribution in [0.15, 0.2) is 18.2 Å². The summed E-state index contributed by atoms with van der Waals surface area (Å²) in [7, 11) is 0. The third-order valence-electron chi connectivity index (χ3n) is 6.64. The van der Waals surface area contributed by atoms with E-state index < -0.39 is 12.1 Å². The van der Waals surface area contributed by atoms with E-state index in [1.165, 1.54) is 17.7 Å². The number of benzene rings is 1. The molecule has 1 aromatic carbocycles. The SMILES string of the molecule is O=C([C@H]1CN(C2CCCC2)CCN1C(=O)O)N1CCN(c2ccc(Cl)c(Cl)c2)CC1. The second-order valence-corrected chi connectivity index (χ2v) is 9.15. The maximum Gasteiger partial charge on any atom is 0.408 e. The van der Waals surface area contributed by atoms with Gasteiger partial charge in [0.1, 0.15) is 6.04 Å². The van der Waals surface area contributed by atoms with Crippen molar-refractivity contribution >= 4 is 40.9 Å². The fourth-order valence-corrected chi connectivity index (χ4v) is 5.22. The largest absolute Gasteiger partial charge is 0.465 e. The lowest BCUT2D eigenvalue weighted by Crippen LogP contribution is -2.63. The van der Waals surface area contributed by atoms with Crippen molar-refractivity contribution in [2.24, 2.45) is 0 Å². The van der Waals surface area contributed by atoms with Gasteiger partial charge in [0, 0.05) is 57.5 Å². The Hall–Kier alpha value is -1.70. The van der Waals surface area contributed by atoms with Gasteiger partial charge in [0.05, 0.1) is 10.0 Å². The first kappa shape index (κ1) is 21.5. The maximum atomic E-state index is 13.3. The molecule has 1 aromatic rings. The van der Waals surface area contributed by atoms with E-state index in [2.05, 4.69) is 9.80 Å². The summed E-state index contributed by atoms with van der Waals surface area (Å²) in [4.78, 5) is 32.7. The third-order valence-corrected chi connectivity index (χ3v) is 7.38. The van der Waals surface area contributed by atoms with Crippen LogP contribution in [0.5, 0.6) is 0 Å². The van der Waals surface area contributed by atoms with Gasteiger partial charge >= 0.3 is 6.09 Å². The Morgan fingerprint density at radius 2 is 1.63 bits per heavy atom. The average molecular weight is 455 g/mol. The van der Waals surface area contributed by atoms with Crippen molar-refractivity contribution in [2.45, 2.75) is 37.8 Å². The van der Waals surface area contributed by atoms with E-state index >= 15 is 0 Å². The first-order valence-electron chi connectivity index (χ1n) is 10.7. The number of nitrogens with zero attached hydrogens (tertiary/aromatic N) is 4. The van der Waals surface area contributed by atoms with Gasteiger partial charge in [0.25, 0.3) is 0 Å². The molecule has 0 bridgehead atoms. The van der Waals surface area contributed by atoms with Crippen molar-refractivity contribution < 1.29 is 14.7 Å². The minimum Gasteiger partial charge on any atom is -0.465 e. The van der Waals surface area contributed by atoms with Crippen LogP contribution in [0, 0.1) is 0 Å². The summed E-state index contributed by atoms with van der Waals surface area (Å²) in [5.74, 6) is -0.0751. The number of amides is 2. The number of carbonyl (C=O) groups is 2. The quantitative estimate of drug-likeness (QED) is 0.758. The summed E-state index contributed by atoms with van der Waals surface area (Å²) in [6.45, 7) is 4.09. The van der Waals surface area contributed by atoms with Crippen LogP contribution in [0.4, 0.5) is 10.5 Å². The average Bonchev–Trinajstić information content (AvgIpc) is 3.30. The Balaban J connectivity index is 1.40. The second kappa shape index (κ2) is 9.20. The molecule has 0 radical (unpaired) electrons. The van der Waals surface area contributed by atoms with Gasteiger partial charge in [-0.25, -0.2) is 4.79 Å². The van der Waals surface area contributed by atoms with Crippen molar-refractivity contribution in [3.8, 4) is 0 Å². The van der Waals surface area contributed by atoms with Gasteiger partial charge in [0.2, 0.25) is 5.91 Å². The van der Waals surface area contributed by atoms with E-state index in [0.29, 0.717) is 61.9 Å². The molecule has 1 aliphatic carbocycles. The zero-order valence-corrected chi connectivity index (χ0v) is 18.5. The summed E-state index contributed by atoms with van der Waals surface area (Å²) < 4.78 is 0. The molecule has 1 saturated carbocycles. The predicted molar refractivity (Wildman–Crippen MR) is 118 cm³/mol. The van der Waals surface area contributed by atoms with E-state index in [4.69, 9.17) is 23.2 Å². The highest BCUT2D eigenvalue weighted by atomic mass is 35.5. The molecule has 164 valence electrons. The topological polar surface area (TPSA) is 67.3 Å². The van der Waals surface area contributed by atoms with Gasteiger partial charge in [-0.15, -0.1) is 0 Å². The number of rotatable bonds is 3. The molecule has 1 N–H and O–H groups in total. The molecular weight excluding hydrogens is 427 g/mol. The van der Waals surface area contributed by atoms with Crippen molar-refractivity contribution in [1.29, 1.82) is 0 Å². The first-order valence-corrected chi connectivity index (χ1v) is 11.4. The Morgan fingerprint density at radius 3 is 2.27 bits per heavy atom. The van der Waals surface area contributed by atoms with Gasteiger partial charge in [0.15, 0.2) is 0 Å². The fraction of sp³-hybridized carbons (Fsp3) is 0.619.